The third kappa shape index (κ3) is 4.31. The van der Waals surface area contributed by atoms with Crippen molar-refractivity contribution < 1.29 is 4.74 Å². The van der Waals surface area contributed by atoms with E-state index in [1.165, 1.54) is 32.1 Å². The summed E-state index contributed by atoms with van der Waals surface area (Å²) in [4.78, 5) is 9.38. The molecule has 1 N–H and O–H groups in total. The number of ether oxygens (including phenoxy) is 1. The van der Waals surface area contributed by atoms with Gasteiger partial charge in [-0.15, -0.1) is 0 Å². The second-order valence-electron chi connectivity index (χ2n) is 8.64. The molecular formula is C26H29N5O. The minimum atomic E-state index is 0.513. The van der Waals surface area contributed by atoms with Gasteiger partial charge in [-0.2, -0.15) is 5.10 Å². The molecule has 32 heavy (non-hydrogen) atoms. The van der Waals surface area contributed by atoms with E-state index in [0.717, 1.165) is 44.7 Å². The number of nitrogens with one attached hydrogen (secondary N) is 1. The number of hydrogen-bond donors (Lipinski definition) is 1. The van der Waals surface area contributed by atoms with Crippen molar-refractivity contribution in [3.05, 3.63) is 66.4 Å². The molecule has 1 fully saturated rings. The van der Waals surface area contributed by atoms with Gasteiger partial charge in [0.1, 0.15) is 11.6 Å². The van der Waals surface area contributed by atoms with Crippen molar-refractivity contribution in [3.63, 3.8) is 0 Å². The lowest BCUT2D eigenvalue weighted by Gasteiger charge is -2.24. The first kappa shape index (κ1) is 20.5. The molecule has 3 heterocycles. The molecule has 0 saturated heterocycles. The summed E-state index contributed by atoms with van der Waals surface area (Å²) < 4.78 is 7.53. The van der Waals surface area contributed by atoms with Crippen molar-refractivity contribution in [3.8, 4) is 16.9 Å². The lowest BCUT2D eigenvalue weighted by Crippen LogP contribution is -2.22. The second-order valence-corrected chi connectivity index (χ2v) is 8.64. The van der Waals surface area contributed by atoms with Crippen LogP contribution in [0.4, 0.5) is 5.82 Å². The second kappa shape index (κ2) is 8.99. The fraction of sp³-hybridized carbons (Fsp3) is 0.346. The van der Waals surface area contributed by atoms with E-state index in [9.17, 15) is 0 Å². The van der Waals surface area contributed by atoms with Crippen LogP contribution in [0.3, 0.4) is 0 Å². The molecule has 0 spiro atoms. The van der Waals surface area contributed by atoms with Gasteiger partial charge in [0.2, 0.25) is 0 Å². The van der Waals surface area contributed by atoms with E-state index in [2.05, 4.69) is 39.7 Å². The maximum atomic E-state index is 5.72. The van der Waals surface area contributed by atoms with Gasteiger partial charge in [-0.05, 0) is 36.6 Å². The molecule has 1 aliphatic rings. The third-order valence-electron chi connectivity index (χ3n) is 6.35. The summed E-state index contributed by atoms with van der Waals surface area (Å²) in [6, 6.07) is 11.0. The number of methoxy groups -OCH3 is 1. The molecule has 6 heteroatoms. The van der Waals surface area contributed by atoms with Gasteiger partial charge in [0.05, 0.1) is 13.3 Å². The number of rotatable bonds is 6. The van der Waals surface area contributed by atoms with Crippen molar-refractivity contribution in [2.45, 2.75) is 44.6 Å². The molecule has 0 atom stereocenters. The van der Waals surface area contributed by atoms with Gasteiger partial charge in [-0.1, -0.05) is 31.4 Å². The normalized spacial score (nSPS) is 14.6. The van der Waals surface area contributed by atoms with Crippen LogP contribution in [0, 0.1) is 0 Å². The first-order valence-electron chi connectivity index (χ1n) is 11.4. The molecule has 1 aliphatic carbocycles. The Bertz CT molecular complexity index is 1230. The molecule has 1 saturated carbocycles. The lowest BCUT2D eigenvalue weighted by atomic mass is 9.95. The summed E-state index contributed by atoms with van der Waals surface area (Å²) in [5.41, 5.74) is 4.28. The first-order valence-corrected chi connectivity index (χ1v) is 11.4. The zero-order valence-electron chi connectivity index (χ0n) is 18.7. The summed E-state index contributed by atoms with van der Waals surface area (Å²) in [6.45, 7) is 0. The number of nitrogens with zero attached hydrogens (tertiary/aromatic N) is 4. The monoisotopic (exact) mass is 427 g/mol. The number of pyridine rings is 2. The Kier molecular flexibility index (Phi) is 5.75. The number of anilines is 1. The fourth-order valence-electron chi connectivity index (χ4n) is 4.60. The Labute approximate surface area is 188 Å². The number of aryl methyl sites for hydroxylation is 1. The molecule has 0 bridgehead atoms. The van der Waals surface area contributed by atoms with Crippen LogP contribution < -0.4 is 10.1 Å². The van der Waals surface area contributed by atoms with Crippen molar-refractivity contribution in [1.29, 1.82) is 0 Å². The molecule has 3 aromatic heterocycles. The summed E-state index contributed by atoms with van der Waals surface area (Å²) in [5.74, 6) is 1.83. The highest BCUT2D eigenvalue weighted by molar-refractivity contribution is 5.91. The van der Waals surface area contributed by atoms with Crippen LogP contribution in [-0.4, -0.2) is 32.9 Å². The van der Waals surface area contributed by atoms with E-state index < -0.39 is 0 Å². The Morgan fingerprint density at radius 3 is 2.69 bits per heavy atom. The summed E-state index contributed by atoms with van der Waals surface area (Å²) >= 11 is 0. The number of benzene rings is 1. The van der Waals surface area contributed by atoms with E-state index in [-0.39, 0.29) is 0 Å². The van der Waals surface area contributed by atoms with Gasteiger partial charge in [-0.3, -0.25) is 9.67 Å². The van der Waals surface area contributed by atoms with Crippen molar-refractivity contribution in [2.75, 3.05) is 12.4 Å². The molecule has 1 aromatic carbocycles. The van der Waals surface area contributed by atoms with Crippen molar-refractivity contribution in [1.82, 2.24) is 19.7 Å². The van der Waals surface area contributed by atoms with E-state index in [4.69, 9.17) is 9.72 Å². The molecule has 6 nitrogen and oxygen atoms in total. The summed E-state index contributed by atoms with van der Waals surface area (Å²) in [6.07, 6.45) is 14.8. The minimum absolute atomic E-state index is 0.513. The van der Waals surface area contributed by atoms with Crippen LogP contribution in [0.25, 0.3) is 21.9 Å². The Morgan fingerprint density at radius 1 is 1.03 bits per heavy atom. The highest BCUT2D eigenvalue weighted by Crippen LogP contribution is 2.30. The van der Waals surface area contributed by atoms with Gasteiger partial charge < -0.3 is 10.1 Å². The van der Waals surface area contributed by atoms with Gasteiger partial charge >= 0.3 is 0 Å². The molecule has 0 unspecified atom stereocenters. The fourth-order valence-corrected chi connectivity index (χ4v) is 4.60. The third-order valence-corrected chi connectivity index (χ3v) is 6.35. The van der Waals surface area contributed by atoms with Crippen LogP contribution in [0.2, 0.25) is 0 Å². The lowest BCUT2D eigenvalue weighted by molar-refractivity contribution is 0.410. The van der Waals surface area contributed by atoms with Gasteiger partial charge in [0, 0.05) is 65.7 Å². The predicted molar refractivity (Wildman–Crippen MR) is 128 cm³/mol. The average molecular weight is 428 g/mol. The first-order chi connectivity index (χ1) is 15.7. The zero-order valence-corrected chi connectivity index (χ0v) is 18.7. The molecular weight excluding hydrogens is 398 g/mol. The van der Waals surface area contributed by atoms with Crippen LogP contribution in [0.1, 0.15) is 43.4 Å². The number of aromatic nitrogens is 4. The topological polar surface area (TPSA) is 64.9 Å². The Morgan fingerprint density at radius 2 is 1.91 bits per heavy atom. The van der Waals surface area contributed by atoms with Gasteiger partial charge in [0.25, 0.3) is 0 Å². The van der Waals surface area contributed by atoms with E-state index >= 15 is 0 Å². The van der Waals surface area contributed by atoms with Gasteiger partial charge in [0.15, 0.2) is 0 Å². The Hall–Kier alpha value is -3.41. The smallest absolute Gasteiger partial charge is 0.134 e. The number of fused-ring (bicyclic) bond motifs is 1. The highest BCUT2D eigenvalue weighted by atomic mass is 16.5. The highest BCUT2D eigenvalue weighted by Gasteiger charge is 2.16. The summed E-state index contributed by atoms with van der Waals surface area (Å²) in [7, 11) is 3.64. The van der Waals surface area contributed by atoms with Gasteiger partial charge in [-0.25, -0.2) is 4.98 Å². The average Bonchev–Trinajstić information content (AvgIpc) is 3.26. The largest absolute Gasteiger partial charge is 0.496 e. The molecule has 0 amide bonds. The number of hydrogen-bond acceptors (Lipinski definition) is 5. The SMILES string of the molecule is COc1cc(-c2cnn(C)c2)ccc1Cc1cc2c(NC3CCCCC3)nccc2cn1. The zero-order chi connectivity index (χ0) is 21.9. The van der Waals surface area contributed by atoms with Crippen LogP contribution in [-0.2, 0) is 13.5 Å². The van der Waals surface area contributed by atoms with E-state index in [1.807, 2.05) is 42.6 Å². The molecule has 0 aliphatic heterocycles. The van der Waals surface area contributed by atoms with Crippen LogP contribution in [0.5, 0.6) is 5.75 Å². The Balaban J connectivity index is 1.43. The van der Waals surface area contributed by atoms with Crippen LogP contribution >= 0.6 is 0 Å². The maximum Gasteiger partial charge on any atom is 0.134 e. The van der Waals surface area contributed by atoms with E-state index in [1.54, 1.807) is 7.11 Å². The minimum Gasteiger partial charge on any atom is -0.496 e. The summed E-state index contributed by atoms with van der Waals surface area (Å²) in [5, 5.41) is 10.2. The molecule has 0 radical (unpaired) electrons. The van der Waals surface area contributed by atoms with Crippen LogP contribution in [0.15, 0.2) is 55.1 Å². The maximum absolute atomic E-state index is 5.72. The molecule has 5 rings (SSSR count). The molecule has 164 valence electrons. The molecule has 4 aromatic rings. The van der Waals surface area contributed by atoms with E-state index in [0.29, 0.717) is 12.5 Å². The predicted octanol–water partition coefficient (Wildman–Crippen LogP) is 5.37. The standard InChI is InChI=1S/C26H29N5O/c1-31-17-21(16-29-31)18-8-9-19(25(13-18)32-2)12-23-14-24-20(15-28-23)10-11-27-26(24)30-22-6-4-3-5-7-22/h8-11,13-17,22H,3-7,12H2,1-2H3,(H,27,30). The van der Waals surface area contributed by atoms with Crippen molar-refractivity contribution >= 4 is 16.6 Å². The van der Waals surface area contributed by atoms with Crippen molar-refractivity contribution in [2.24, 2.45) is 7.05 Å². The quantitative estimate of drug-likeness (QED) is 0.448.